The van der Waals surface area contributed by atoms with Crippen LogP contribution in [0.5, 0.6) is 0 Å². The average Bonchev–Trinajstić information content (AvgIpc) is 2.70. The fourth-order valence-electron chi connectivity index (χ4n) is 2.37. The third kappa shape index (κ3) is 1.94. The molecular weight excluding hydrogens is 228 g/mol. The lowest BCUT2D eigenvalue weighted by atomic mass is 10.1. The van der Waals surface area contributed by atoms with Crippen LogP contribution in [0.3, 0.4) is 0 Å². The molecule has 1 aliphatic rings. The summed E-state index contributed by atoms with van der Waals surface area (Å²) in [6.07, 6.45) is -0.593. The minimum atomic E-state index is -0.593. The summed E-state index contributed by atoms with van der Waals surface area (Å²) in [5.41, 5.74) is 2.99. The van der Waals surface area contributed by atoms with Crippen molar-refractivity contribution >= 4 is 0 Å². The van der Waals surface area contributed by atoms with Gasteiger partial charge in [-0.1, -0.05) is 30.3 Å². The summed E-state index contributed by atoms with van der Waals surface area (Å²) in [7, 11) is 0. The molecule has 0 amide bonds. The molecule has 0 aliphatic carbocycles. The maximum absolute atomic E-state index is 9.86. The maximum Gasteiger partial charge on any atom is 0.121 e. The number of aromatic nitrogens is 2. The smallest absolute Gasteiger partial charge is 0.121 e. The van der Waals surface area contributed by atoms with E-state index in [1.165, 1.54) is 5.56 Å². The summed E-state index contributed by atoms with van der Waals surface area (Å²) < 4.78 is 7.51. The molecule has 1 aromatic heterocycles. The van der Waals surface area contributed by atoms with Gasteiger partial charge in [0.15, 0.2) is 0 Å². The molecule has 1 aromatic carbocycles. The monoisotopic (exact) mass is 244 g/mol. The van der Waals surface area contributed by atoms with Crippen LogP contribution < -0.4 is 0 Å². The lowest BCUT2D eigenvalue weighted by molar-refractivity contribution is 0.00490. The van der Waals surface area contributed by atoms with Gasteiger partial charge in [-0.3, -0.25) is 0 Å². The van der Waals surface area contributed by atoms with Crippen molar-refractivity contribution in [2.75, 3.05) is 6.61 Å². The number of imidazole rings is 1. The Morgan fingerprint density at radius 3 is 2.94 bits per heavy atom. The normalized spacial score (nSPS) is 18.7. The first kappa shape index (κ1) is 11.4. The number of rotatable bonds is 2. The van der Waals surface area contributed by atoms with E-state index in [1.807, 2.05) is 25.1 Å². The molecule has 0 bridgehead atoms. The van der Waals surface area contributed by atoms with Crippen molar-refractivity contribution in [2.45, 2.75) is 26.2 Å². The largest absolute Gasteiger partial charge is 0.384 e. The molecule has 4 heteroatoms. The minimum Gasteiger partial charge on any atom is -0.384 e. The molecule has 3 rings (SSSR count). The highest BCUT2D eigenvalue weighted by Gasteiger charge is 2.25. The van der Waals surface area contributed by atoms with Crippen molar-refractivity contribution < 1.29 is 9.84 Å². The highest BCUT2D eigenvalue weighted by Crippen LogP contribution is 2.25. The van der Waals surface area contributed by atoms with E-state index in [0.717, 1.165) is 23.8 Å². The Balaban J connectivity index is 1.97. The van der Waals surface area contributed by atoms with Crippen LogP contribution in [0, 0.1) is 6.92 Å². The van der Waals surface area contributed by atoms with Gasteiger partial charge in [0.25, 0.3) is 0 Å². The van der Waals surface area contributed by atoms with Crippen molar-refractivity contribution in [1.29, 1.82) is 0 Å². The SMILES string of the molecule is Cc1nc2c(n1Cc1ccccc1)COCC2O. The molecule has 1 atom stereocenters. The van der Waals surface area contributed by atoms with E-state index in [-0.39, 0.29) is 0 Å². The fraction of sp³-hybridized carbons (Fsp3) is 0.357. The molecule has 4 nitrogen and oxygen atoms in total. The Hall–Kier alpha value is -1.65. The van der Waals surface area contributed by atoms with Gasteiger partial charge in [0.1, 0.15) is 11.9 Å². The molecule has 0 fully saturated rings. The van der Waals surface area contributed by atoms with Crippen LogP contribution in [0.1, 0.15) is 28.9 Å². The number of fused-ring (bicyclic) bond motifs is 1. The third-order valence-corrected chi connectivity index (χ3v) is 3.31. The molecule has 1 aliphatic heterocycles. The van der Waals surface area contributed by atoms with Crippen LogP contribution in [0.15, 0.2) is 30.3 Å². The van der Waals surface area contributed by atoms with Crippen molar-refractivity contribution in [2.24, 2.45) is 0 Å². The Morgan fingerprint density at radius 2 is 2.17 bits per heavy atom. The highest BCUT2D eigenvalue weighted by molar-refractivity contribution is 5.24. The maximum atomic E-state index is 9.86. The van der Waals surface area contributed by atoms with Gasteiger partial charge >= 0.3 is 0 Å². The van der Waals surface area contributed by atoms with Gasteiger partial charge in [0, 0.05) is 6.54 Å². The molecule has 1 unspecified atom stereocenters. The second kappa shape index (κ2) is 4.55. The van der Waals surface area contributed by atoms with Crippen LogP contribution >= 0.6 is 0 Å². The van der Waals surface area contributed by atoms with E-state index >= 15 is 0 Å². The lowest BCUT2D eigenvalue weighted by Gasteiger charge is -2.19. The number of hydrogen-bond acceptors (Lipinski definition) is 3. The van der Waals surface area contributed by atoms with Crippen LogP contribution in [-0.2, 0) is 17.9 Å². The van der Waals surface area contributed by atoms with Gasteiger partial charge < -0.3 is 14.4 Å². The van der Waals surface area contributed by atoms with E-state index in [0.29, 0.717) is 13.2 Å². The first-order valence-electron chi connectivity index (χ1n) is 6.11. The topological polar surface area (TPSA) is 47.3 Å². The van der Waals surface area contributed by atoms with E-state index in [4.69, 9.17) is 4.74 Å². The van der Waals surface area contributed by atoms with Crippen molar-refractivity contribution in [1.82, 2.24) is 9.55 Å². The van der Waals surface area contributed by atoms with Gasteiger partial charge in [0.2, 0.25) is 0 Å². The van der Waals surface area contributed by atoms with Gasteiger partial charge in [-0.05, 0) is 12.5 Å². The lowest BCUT2D eigenvalue weighted by Crippen LogP contribution is -2.18. The number of nitrogens with zero attached hydrogens (tertiary/aromatic N) is 2. The quantitative estimate of drug-likeness (QED) is 0.876. The molecule has 2 aromatic rings. The highest BCUT2D eigenvalue weighted by atomic mass is 16.5. The summed E-state index contributed by atoms with van der Waals surface area (Å²) in [5.74, 6) is 0.924. The molecule has 94 valence electrons. The Bertz CT molecular complexity index is 548. The summed E-state index contributed by atoms with van der Waals surface area (Å²) in [5, 5.41) is 9.86. The van der Waals surface area contributed by atoms with Crippen LogP contribution in [0.4, 0.5) is 0 Å². The molecular formula is C14H16N2O2. The average molecular weight is 244 g/mol. The van der Waals surface area contributed by atoms with E-state index in [2.05, 4.69) is 21.7 Å². The van der Waals surface area contributed by atoms with Crippen molar-refractivity contribution in [3.8, 4) is 0 Å². The zero-order chi connectivity index (χ0) is 12.5. The Labute approximate surface area is 106 Å². The summed E-state index contributed by atoms with van der Waals surface area (Å²) in [4.78, 5) is 4.46. The molecule has 1 N–H and O–H groups in total. The Morgan fingerprint density at radius 1 is 1.39 bits per heavy atom. The number of hydrogen-bond donors (Lipinski definition) is 1. The van der Waals surface area contributed by atoms with Crippen LogP contribution in [0.25, 0.3) is 0 Å². The number of benzene rings is 1. The molecule has 0 spiro atoms. The summed E-state index contributed by atoms with van der Waals surface area (Å²) in [6.45, 7) is 3.61. The first-order chi connectivity index (χ1) is 8.75. The predicted molar refractivity (Wildman–Crippen MR) is 67.1 cm³/mol. The second-order valence-corrected chi connectivity index (χ2v) is 4.59. The molecule has 0 saturated carbocycles. The van der Waals surface area contributed by atoms with Crippen molar-refractivity contribution in [3.63, 3.8) is 0 Å². The third-order valence-electron chi connectivity index (χ3n) is 3.31. The summed E-state index contributed by atoms with van der Waals surface area (Å²) in [6, 6.07) is 10.2. The van der Waals surface area contributed by atoms with E-state index < -0.39 is 6.10 Å². The van der Waals surface area contributed by atoms with Crippen LogP contribution in [-0.4, -0.2) is 21.3 Å². The van der Waals surface area contributed by atoms with Gasteiger partial charge in [-0.2, -0.15) is 0 Å². The zero-order valence-electron chi connectivity index (χ0n) is 10.3. The van der Waals surface area contributed by atoms with E-state index in [9.17, 15) is 5.11 Å². The minimum absolute atomic E-state index is 0.342. The van der Waals surface area contributed by atoms with Gasteiger partial charge in [-0.25, -0.2) is 4.98 Å². The molecule has 18 heavy (non-hydrogen) atoms. The van der Waals surface area contributed by atoms with Crippen LogP contribution in [0.2, 0.25) is 0 Å². The van der Waals surface area contributed by atoms with Crippen molar-refractivity contribution in [3.05, 3.63) is 53.1 Å². The zero-order valence-corrected chi connectivity index (χ0v) is 10.3. The van der Waals surface area contributed by atoms with Gasteiger partial charge in [0.05, 0.1) is 24.6 Å². The number of aliphatic hydroxyl groups excluding tert-OH is 1. The standard InChI is InChI=1S/C14H16N2O2/c1-10-15-14-12(8-18-9-13(14)17)16(10)7-11-5-3-2-4-6-11/h2-6,13,17H,7-9H2,1H3. The Kier molecular flexibility index (Phi) is 2.89. The molecule has 0 saturated heterocycles. The summed E-state index contributed by atoms with van der Waals surface area (Å²) >= 11 is 0. The molecule has 2 heterocycles. The first-order valence-corrected chi connectivity index (χ1v) is 6.11. The van der Waals surface area contributed by atoms with E-state index in [1.54, 1.807) is 0 Å². The number of ether oxygens (including phenoxy) is 1. The number of aryl methyl sites for hydroxylation is 1. The fourth-order valence-corrected chi connectivity index (χ4v) is 2.37. The predicted octanol–water partition coefficient (Wildman–Crippen LogP) is 1.80. The van der Waals surface area contributed by atoms with Gasteiger partial charge in [-0.15, -0.1) is 0 Å². The molecule has 0 radical (unpaired) electrons. The number of aliphatic hydroxyl groups is 1. The second-order valence-electron chi connectivity index (χ2n) is 4.59.